The molecule has 2 fully saturated rings. The van der Waals surface area contributed by atoms with E-state index in [9.17, 15) is 0 Å². The summed E-state index contributed by atoms with van der Waals surface area (Å²) in [6.07, 6.45) is 11.7. The van der Waals surface area contributed by atoms with Crippen LogP contribution in [0.4, 0.5) is 5.95 Å². The van der Waals surface area contributed by atoms with Crippen molar-refractivity contribution < 1.29 is 0 Å². The average Bonchev–Trinajstić information content (AvgIpc) is 3.03. The predicted molar refractivity (Wildman–Crippen MR) is 84.1 cm³/mol. The maximum absolute atomic E-state index is 4.76. The van der Waals surface area contributed by atoms with Crippen molar-refractivity contribution in [3.05, 3.63) is 11.9 Å². The highest BCUT2D eigenvalue weighted by Crippen LogP contribution is 2.39. The number of imidazole rings is 1. The van der Waals surface area contributed by atoms with Gasteiger partial charge in [-0.15, -0.1) is 0 Å². The van der Waals surface area contributed by atoms with Crippen molar-refractivity contribution in [1.29, 1.82) is 0 Å². The van der Waals surface area contributed by atoms with Crippen LogP contribution in [0.5, 0.6) is 0 Å². The maximum atomic E-state index is 4.76. The Kier molecular flexibility index (Phi) is 4.04. The van der Waals surface area contributed by atoms with E-state index in [1.807, 2.05) is 0 Å². The van der Waals surface area contributed by atoms with Gasteiger partial charge in [-0.2, -0.15) is 0 Å². The Morgan fingerprint density at radius 3 is 2.60 bits per heavy atom. The molecule has 3 atom stereocenters. The van der Waals surface area contributed by atoms with Crippen molar-refractivity contribution in [2.45, 2.75) is 77.8 Å². The molecule has 0 aromatic carbocycles. The SMILES string of the molecule is Cc1cn(C2CCCC(C)C2C)c(NC2CCCC2)n1. The fourth-order valence-electron chi connectivity index (χ4n) is 4.07. The molecule has 0 spiro atoms. The normalized spacial score (nSPS) is 31.6. The molecular formula is C17H29N3. The molecule has 1 heterocycles. The highest BCUT2D eigenvalue weighted by Gasteiger charge is 2.30. The second kappa shape index (κ2) is 5.79. The summed E-state index contributed by atoms with van der Waals surface area (Å²) in [6, 6.07) is 1.27. The molecule has 20 heavy (non-hydrogen) atoms. The summed E-state index contributed by atoms with van der Waals surface area (Å²) in [7, 11) is 0. The van der Waals surface area contributed by atoms with Crippen molar-refractivity contribution in [3.63, 3.8) is 0 Å². The molecule has 1 aromatic heterocycles. The van der Waals surface area contributed by atoms with Gasteiger partial charge in [0.1, 0.15) is 0 Å². The number of rotatable bonds is 3. The van der Waals surface area contributed by atoms with Crippen molar-refractivity contribution in [2.24, 2.45) is 11.8 Å². The van der Waals surface area contributed by atoms with Gasteiger partial charge in [-0.1, -0.05) is 39.5 Å². The molecule has 1 aromatic rings. The highest BCUT2D eigenvalue weighted by molar-refractivity contribution is 5.31. The van der Waals surface area contributed by atoms with Crippen LogP contribution in [0.15, 0.2) is 6.20 Å². The second-order valence-corrected chi connectivity index (χ2v) is 7.07. The first-order valence-corrected chi connectivity index (χ1v) is 8.47. The number of aromatic nitrogens is 2. The topological polar surface area (TPSA) is 29.9 Å². The third-order valence-electron chi connectivity index (χ3n) is 5.56. The Morgan fingerprint density at radius 2 is 1.85 bits per heavy atom. The van der Waals surface area contributed by atoms with E-state index in [0.29, 0.717) is 12.1 Å². The van der Waals surface area contributed by atoms with Crippen LogP contribution in [0.1, 0.15) is 70.5 Å². The van der Waals surface area contributed by atoms with Crippen LogP contribution in [0.2, 0.25) is 0 Å². The molecule has 3 heteroatoms. The van der Waals surface area contributed by atoms with E-state index in [0.717, 1.165) is 23.5 Å². The summed E-state index contributed by atoms with van der Waals surface area (Å²) in [5.74, 6) is 2.71. The zero-order valence-corrected chi connectivity index (χ0v) is 13.2. The third kappa shape index (κ3) is 2.72. The lowest BCUT2D eigenvalue weighted by Gasteiger charge is -2.36. The number of hydrogen-bond acceptors (Lipinski definition) is 2. The monoisotopic (exact) mass is 275 g/mol. The van der Waals surface area contributed by atoms with E-state index >= 15 is 0 Å². The van der Waals surface area contributed by atoms with Crippen LogP contribution in [0.25, 0.3) is 0 Å². The van der Waals surface area contributed by atoms with Crippen molar-refractivity contribution in [3.8, 4) is 0 Å². The Bertz CT molecular complexity index is 445. The number of hydrogen-bond donors (Lipinski definition) is 1. The molecule has 0 aliphatic heterocycles. The van der Waals surface area contributed by atoms with Crippen molar-refractivity contribution in [2.75, 3.05) is 5.32 Å². The Morgan fingerprint density at radius 1 is 1.10 bits per heavy atom. The smallest absolute Gasteiger partial charge is 0.203 e. The Balaban J connectivity index is 1.80. The molecule has 3 nitrogen and oxygen atoms in total. The van der Waals surface area contributed by atoms with Gasteiger partial charge in [0.25, 0.3) is 0 Å². The van der Waals surface area contributed by atoms with Crippen LogP contribution < -0.4 is 5.32 Å². The van der Waals surface area contributed by atoms with E-state index in [2.05, 4.69) is 36.9 Å². The molecule has 0 saturated heterocycles. The van der Waals surface area contributed by atoms with Crippen LogP contribution in [-0.2, 0) is 0 Å². The molecule has 3 rings (SSSR count). The molecule has 0 bridgehead atoms. The van der Waals surface area contributed by atoms with Gasteiger partial charge in [0, 0.05) is 18.3 Å². The fourth-order valence-corrected chi connectivity index (χ4v) is 4.07. The standard InChI is InChI=1S/C17H29N3/c1-12-7-6-10-16(14(12)3)20-11-13(2)18-17(20)19-15-8-4-5-9-15/h11-12,14-16H,4-10H2,1-3H3,(H,18,19). The number of nitrogens with one attached hydrogen (secondary N) is 1. The summed E-state index contributed by atoms with van der Waals surface area (Å²) >= 11 is 0. The van der Waals surface area contributed by atoms with Gasteiger partial charge in [0.2, 0.25) is 5.95 Å². The summed E-state index contributed by atoms with van der Waals surface area (Å²) < 4.78 is 2.45. The van der Waals surface area contributed by atoms with Crippen LogP contribution in [0.3, 0.4) is 0 Å². The molecule has 112 valence electrons. The maximum Gasteiger partial charge on any atom is 0.203 e. The van der Waals surface area contributed by atoms with E-state index in [1.54, 1.807) is 0 Å². The van der Waals surface area contributed by atoms with Gasteiger partial charge in [-0.25, -0.2) is 4.98 Å². The molecule has 2 saturated carbocycles. The first-order chi connectivity index (χ1) is 9.65. The van der Waals surface area contributed by atoms with Gasteiger partial charge in [-0.05, 0) is 38.0 Å². The lowest BCUT2D eigenvalue weighted by molar-refractivity contribution is 0.187. The Labute approximate surface area is 123 Å². The lowest BCUT2D eigenvalue weighted by Crippen LogP contribution is -2.28. The van der Waals surface area contributed by atoms with Crippen molar-refractivity contribution in [1.82, 2.24) is 9.55 Å². The van der Waals surface area contributed by atoms with Crippen molar-refractivity contribution >= 4 is 5.95 Å². The minimum Gasteiger partial charge on any atom is -0.353 e. The average molecular weight is 275 g/mol. The molecule has 0 amide bonds. The molecule has 3 unspecified atom stereocenters. The van der Waals surface area contributed by atoms with Gasteiger partial charge < -0.3 is 9.88 Å². The van der Waals surface area contributed by atoms with E-state index in [1.165, 1.54) is 44.9 Å². The zero-order chi connectivity index (χ0) is 14.1. The second-order valence-electron chi connectivity index (χ2n) is 7.07. The molecule has 2 aliphatic carbocycles. The highest BCUT2D eigenvalue weighted by atomic mass is 15.2. The van der Waals surface area contributed by atoms with Crippen LogP contribution in [-0.4, -0.2) is 15.6 Å². The van der Waals surface area contributed by atoms with Crippen LogP contribution in [0, 0.1) is 18.8 Å². The number of nitrogens with zero attached hydrogens (tertiary/aromatic N) is 2. The summed E-state index contributed by atoms with van der Waals surface area (Å²) in [4.78, 5) is 4.76. The minimum atomic E-state index is 0.629. The molecule has 0 radical (unpaired) electrons. The van der Waals surface area contributed by atoms with Gasteiger partial charge in [-0.3, -0.25) is 0 Å². The number of aryl methyl sites for hydroxylation is 1. The largest absolute Gasteiger partial charge is 0.353 e. The molecule has 1 N–H and O–H groups in total. The number of anilines is 1. The Hall–Kier alpha value is -0.990. The fraction of sp³-hybridized carbons (Fsp3) is 0.824. The summed E-state index contributed by atoms with van der Waals surface area (Å²) in [5, 5.41) is 3.71. The van der Waals surface area contributed by atoms with Crippen LogP contribution >= 0.6 is 0 Å². The third-order valence-corrected chi connectivity index (χ3v) is 5.56. The summed E-state index contributed by atoms with van der Waals surface area (Å²) in [5.41, 5.74) is 1.15. The lowest BCUT2D eigenvalue weighted by atomic mass is 9.78. The first-order valence-electron chi connectivity index (χ1n) is 8.47. The van der Waals surface area contributed by atoms with E-state index in [4.69, 9.17) is 4.98 Å². The van der Waals surface area contributed by atoms with Gasteiger partial charge in [0.15, 0.2) is 0 Å². The first kappa shape index (κ1) is 14.0. The zero-order valence-electron chi connectivity index (χ0n) is 13.2. The predicted octanol–water partition coefficient (Wildman–Crippen LogP) is 4.54. The summed E-state index contributed by atoms with van der Waals surface area (Å²) in [6.45, 7) is 6.95. The quantitative estimate of drug-likeness (QED) is 0.877. The molecule has 2 aliphatic rings. The van der Waals surface area contributed by atoms with E-state index < -0.39 is 0 Å². The van der Waals surface area contributed by atoms with E-state index in [-0.39, 0.29) is 0 Å². The minimum absolute atomic E-state index is 0.629. The van der Waals surface area contributed by atoms with Gasteiger partial charge in [0.05, 0.1) is 5.69 Å². The molecular weight excluding hydrogens is 246 g/mol. The van der Waals surface area contributed by atoms with Gasteiger partial charge >= 0.3 is 0 Å².